The zero-order chi connectivity index (χ0) is 21.5. The Morgan fingerprint density at radius 1 is 0.967 bits per heavy atom. The van der Waals surface area contributed by atoms with E-state index in [0.717, 1.165) is 4.90 Å². The molecule has 1 atom stereocenters. The number of anilines is 1. The second kappa shape index (κ2) is 7.33. The number of benzene rings is 2. The average Bonchev–Trinajstić information content (AvgIpc) is 3.28. The third-order valence-electron chi connectivity index (χ3n) is 5.16. The van der Waals surface area contributed by atoms with Gasteiger partial charge in [-0.1, -0.05) is 5.16 Å². The van der Waals surface area contributed by atoms with Crippen molar-refractivity contribution >= 4 is 23.2 Å². The topological polar surface area (TPSA) is 86.7 Å². The van der Waals surface area contributed by atoms with Crippen LogP contribution in [0.1, 0.15) is 18.4 Å². The van der Waals surface area contributed by atoms with Crippen LogP contribution >= 0.6 is 0 Å². The van der Waals surface area contributed by atoms with Crippen LogP contribution < -0.4 is 19.1 Å². The smallest absolute Gasteiger partial charge is 0.281 e. The number of carbonyl (C=O) groups is 2. The Hall–Kier alpha value is -3.62. The second-order valence-electron chi connectivity index (χ2n) is 6.90. The number of oxime groups is 1. The Bertz CT molecular complexity index is 1050. The van der Waals surface area contributed by atoms with Crippen LogP contribution in [0, 0.1) is 5.82 Å². The summed E-state index contributed by atoms with van der Waals surface area (Å²) in [5.74, 6) is -0.0599. The lowest BCUT2D eigenvalue weighted by Gasteiger charge is -2.19. The van der Waals surface area contributed by atoms with E-state index in [1.165, 1.54) is 45.6 Å². The molecule has 8 nitrogen and oxygen atoms in total. The first-order valence-electron chi connectivity index (χ1n) is 9.11. The third-order valence-corrected chi connectivity index (χ3v) is 5.16. The quantitative estimate of drug-likeness (QED) is 0.700. The van der Waals surface area contributed by atoms with E-state index in [0.29, 0.717) is 28.5 Å². The van der Waals surface area contributed by atoms with E-state index < -0.39 is 23.2 Å². The van der Waals surface area contributed by atoms with Gasteiger partial charge in [-0.3, -0.25) is 9.59 Å². The van der Waals surface area contributed by atoms with Crippen molar-refractivity contribution in [2.24, 2.45) is 5.16 Å². The number of rotatable bonds is 5. The maximum atomic E-state index is 13.2. The van der Waals surface area contributed by atoms with E-state index in [1.807, 2.05) is 0 Å². The molecule has 0 unspecified atom stereocenters. The summed E-state index contributed by atoms with van der Waals surface area (Å²) in [5, 5.41) is 4.09. The van der Waals surface area contributed by atoms with Gasteiger partial charge in [-0.2, -0.15) is 0 Å². The minimum Gasteiger partial charge on any atom is -0.496 e. The molecule has 1 fully saturated rings. The van der Waals surface area contributed by atoms with Gasteiger partial charge in [-0.05, 0) is 30.3 Å². The highest BCUT2D eigenvalue weighted by molar-refractivity contribution is 6.26. The number of methoxy groups -OCH3 is 3. The van der Waals surface area contributed by atoms with Gasteiger partial charge in [-0.15, -0.1) is 0 Å². The van der Waals surface area contributed by atoms with Crippen molar-refractivity contribution in [3.8, 4) is 17.2 Å². The number of hydrogen-bond donors (Lipinski definition) is 0. The molecule has 2 amide bonds. The zero-order valence-electron chi connectivity index (χ0n) is 16.6. The maximum Gasteiger partial charge on any atom is 0.281 e. The SMILES string of the molecule is COc1cc(OC)c(C2=NO[C@]3(CC(=O)N(c4ccc(F)cc4)C3=O)C2)cc1OC. The van der Waals surface area contributed by atoms with Crippen LogP contribution in [0.5, 0.6) is 17.2 Å². The molecule has 0 saturated carbocycles. The number of imide groups is 1. The fourth-order valence-corrected chi connectivity index (χ4v) is 3.65. The van der Waals surface area contributed by atoms with Gasteiger partial charge in [0.25, 0.3) is 5.91 Å². The Labute approximate surface area is 171 Å². The van der Waals surface area contributed by atoms with Crippen LogP contribution in [-0.4, -0.2) is 44.5 Å². The molecule has 1 saturated heterocycles. The van der Waals surface area contributed by atoms with Crippen molar-refractivity contribution in [1.82, 2.24) is 0 Å². The minimum absolute atomic E-state index is 0.0705. The Morgan fingerprint density at radius 2 is 1.60 bits per heavy atom. The van der Waals surface area contributed by atoms with Crippen LogP contribution in [0.2, 0.25) is 0 Å². The zero-order valence-corrected chi connectivity index (χ0v) is 16.6. The van der Waals surface area contributed by atoms with Gasteiger partial charge >= 0.3 is 0 Å². The van der Waals surface area contributed by atoms with Crippen LogP contribution in [0.3, 0.4) is 0 Å². The van der Waals surface area contributed by atoms with Crippen molar-refractivity contribution < 1.29 is 33.0 Å². The summed E-state index contributed by atoms with van der Waals surface area (Å²) >= 11 is 0. The molecule has 2 aliphatic heterocycles. The molecule has 0 radical (unpaired) electrons. The highest BCUT2D eigenvalue weighted by atomic mass is 19.1. The lowest BCUT2D eigenvalue weighted by atomic mass is 9.92. The standard InChI is InChI=1S/C21H19FN2O6/c1-27-16-9-18(29-3)17(28-2)8-14(16)15-10-21(30-23-15)11-19(25)24(20(21)26)13-6-4-12(22)5-7-13/h4-9H,10-11H2,1-3H3/t21-/m0/s1. The number of amides is 2. The van der Waals surface area contributed by atoms with Crippen molar-refractivity contribution in [3.05, 3.63) is 47.8 Å². The first-order chi connectivity index (χ1) is 14.4. The van der Waals surface area contributed by atoms with Gasteiger partial charge in [-0.25, -0.2) is 9.29 Å². The summed E-state index contributed by atoms with van der Waals surface area (Å²) in [7, 11) is 4.51. The van der Waals surface area contributed by atoms with Crippen LogP contribution in [0.4, 0.5) is 10.1 Å². The van der Waals surface area contributed by atoms with E-state index in [-0.39, 0.29) is 18.5 Å². The Kier molecular flexibility index (Phi) is 4.81. The Morgan fingerprint density at radius 3 is 2.23 bits per heavy atom. The molecular formula is C21H19FN2O6. The van der Waals surface area contributed by atoms with E-state index in [4.69, 9.17) is 19.0 Å². The van der Waals surface area contributed by atoms with Crippen molar-refractivity contribution in [1.29, 1.82) is 0 Å². The van der Waals surface area contributed by atoms with Crippen LogP contribution in [0.15, 0.2) is 41.6 Å². The van der Waals surface area contributed by atoms with Gasteiger partial charge in [0.05, 0.1) is 39.1 Å². The maximum absolute atomic E-state index is 13.2. The highest BCUT2D eigenvalue weighted by Crippen LogP contribution is 2.42. The van der Waals surface area contributed by atoms with E-state index in [2.05, 4.69) is 5.16 Å². The van der Waals surface area contributed by atoms with Gasteiger partial charge in [0.1, 0.15) is 11.6 Å². The van der Waals surface area contributed by atoms with Crippen molar-refractivity contribution in [2.75, 3.05) is 26.2 Å². The fraction of sp³-hybridized carbons (Fsp3) is 0.286. The number of nitrogens with zero attached hydrogens (tertiary/aromatic N) is 2. The summed E-state index contributed by atoms with van der Waals surface area (Å²) in [4.78, 5) is 32.3. The molecule has 0 bridgehead atoms. The monoisotopic (exact) mass is 414 g/mol. The lowest BCUT2D eigenvalue weighted by molar-refractivity contribution is -0.136. The van der Waals surface area contributed by atoms with Gasteiger partial charge < -0.3 is 19.0 Å². The second-order valence-corrected chi connectivity index (χ2v) is 6.90. The summed E-state index contributed by atoms with van der Waals surface area (Å²) in [6, 6.07) is 8.45. The van der Waals surface area contributed by atoms with Gasteiger partial charge in [0.15, 0.2) is 11.5 Å². The summed E-state index contributed by atoms with van der Waals surface area (Å²) in [5.41, 5.74) is -0.162. The van der Waals surface area contributed by atoms with E-state index in [1.54, 1.807) is 12.1 Å². The highest BCUT2D eigenvalue weighted by Gasteiger charge is 2.58. The molecule has 2 aromatic rings. The predicted molar refractivity (Wildman–Crippen MR) is 105 cm³/mol. The fourth-order valence-electron chi connectivity index (χ4n) is 3.65. The largest absolute Gasteiger partial charge is 0.496 e. The van der Waals surface area contributed by atoms with E-state index >= 15 is 0 Å². The number of hydrogen-bond acceptors (Lipinski definition) is 7. The molecule has 1 spiro atoms. The van der Waals surface area contributed by atoms with Crippen LogP contribution in [-0.2, 0) is 14.4 Å². The molecule has 0 aromatic heterocycles. The average molecular weight is 414 g/mol. The lowest BCUT2D eigenvalue weighted by Crippen LogP contribution is -2.40. The molecular weight excluding hydrogens is 395 g/mol. The number of carbonyl (C=O) groups excluding carboxylic acids is 2. The number of ether oxygens (including phenoxy) is 3. The van der Waals surface area contributed by atoms with Crippen LogP contribution in [0.25, 0.3) is 0 Å². The molecule has 2 aromatic carbocycles. The minimum atomic E-state index is -1.45. The molecule has 2 heterocycles. The van der Waals surface area contributed by atoms with Crippen molar-refractivity contribution in [2.45, 2.75) is 18.4 Å². The summed E-state index contributed by atoms with van der Waals surface area (Å²) in [6.45, 7) is 0. The predicted octanol–water partition coefficient (Wildman–Crippen LogP) is 2.68. The first kappa shape index (κ1) is 19.7. The van der Waals surface area contributed by atoms with E-state index in [9.17, 15) is 14.0 Å². The molecule has 2 aliphatic rings. The van der Waals surface area contributed by atoms with Gasteiger partial charge in [0.2, 0.25) is 11.5 Å². The van der Waals surface area contributed by atoms with Crippen molar-refractivity contribution in [3.63, 3.8) is 0 Å². The van der Waals surface area contributed by atoms with Gasteiger partial charge in [0, 0.05) is 18.1 Å². The third kappa shape index (κ3) is 3.02. The Balaban J connectivity index is 1.65. The summed E-state index contributed by atoms with van der Waals surface area (Å²) in [6.07, 6.45) is -0.104. The normalized spacial score (nSPS) is 20.4. The molecule has 0 aliphatic carbocycles. The molecule has 156 valence electrons. The molecule has 0 N–H and O–H groups in total. The number of halogens is 1. The summed E-state index contributed by atoms with van der Waals surface area (Å²) < 4.78 is 29.3. The molecule has 4 rings (SSSR count). The molecule has 9 heteroatoms. The first-order valence-corrected chi connectivity index (χ1v) is 9.11. The molecule has 30 heavy (non-hydrogen) atoms.